The maximum absolute atomic E-state index is 11.2. The van der Waals surface area contributed by atoms with Gasteiger partial charge in [0.15, 0.2) is 0 Å². The van der Waals surface area contributed by atoms with E-state index in [0.717, 1.165) is 12.8 Å². The van der Waals surface area contributed by atoms with Crippen LogP contribution in [0.1, 0.15) is 109 Å². The average molecular weight is 389 g/mol. The number of hydrogen-bond acceptors (Lipinski definition) is 2. The number of ether oxygens (including phenoxy) is 1. The number of aryl methyl sites for hydroxylation is 1. The van der Waals surface area contributed by atoms with E-state index in [-0.39, 0.29) is 5.97 Å². The van der Waals surface area contributed by atoms with Gasteiger partial charge in [-0.2, -0.15) is 17.8 Å². The summed E-state index contributed by atoms with van der Waals surface area (Å²) in [4.78, 5) is 14.2. The number of esters is 1. The third-order valence-corrected chi connectivity index (χ3v) is 5.27. The van der Waals surface area contributed by atoms with Crippen molar-refractivity contribution in [3.8, 4) is 0 Å². The van der Waals surface area contributed by atoms with E-state index in [9.17, 15) is 4.79 Å². The van der Waals surface area contributed by atoms with Gasteiger partial charge in [-0.15, -0.1) is 6.20 Å². The fourth-order valence-electron chi connectivity index (χ4n) is 3.47. The van der Waals surface area contributed by atoms with Crippen LogP contribution in [0.4, 0.5) is 0 Å². The van der Waals surface area contributed by atoms with Gasteiger partial charge in [0, 0.05) is 5.57 Å². The first-order chi connectivity index (χ1) is 13.7. The summed E-state index contributed by atoms with van der Waals surface area (Å²) < 4.78 is 5.10. The molecule has 1 aromatic rings. The van der Waals surface area contributed by atoms with Crippen LogP contribution in [0.2, 0.25) is 0 Å². The third-order valence-electron chi connectivity index (χ3n) is 5.27. The zero-order valence-electron chi connectivity index (χ0n) is 18.2. The number of unbranched alkanes of at least 4 members (excludes halogenated alkanes) is 14. The molecule has 0 saturated heterocycles. The first-order valence-corrected chi connectivity index (χ1v) is 11.6. The van der Waals surface area contributed by atoms with Crippen LogP contribution in [-0.4, -0.2) is 17.6 Å². The average Bonchev–Trinajstić information content (AvgIpc) is 3.20. The largest absolute Gasteiger partial charge is 0.484 e. The van der Waals surface area contributed by atoms with Crippen LogP contribution in [0.15, 0.2) is 24.4 Å². The second-order valence-corrected chi connectivity index (χ2v) is 8.10. The van der Waals surface area contributed by atoms with Gasteiger partial charge in [0.05, 0.1) is 6.61 Å². The van der Waals surface area contributed by atoms with Crippen LogP contribution in [-0.2, 0) is 16.0 Å². The Morgan fingerprint density at radius 3 is 1.75 bits per heavy atom. The molecule has 0 fully saturated rings. The van der Waals surface area contributed by atoms with E-state index in [2.05, 4.69) is 23.8 Å². The first-order valence-electron chi connectivity index (χ1n) is 11.6. The number of nitrogens with one attached hydrogen (secondary N) is 1. The molecule has 0 aliphatic heterocycles. The fourth-order valence-corrected chi connectivity index (χ4v) is 3.47. The lowest BCUT2D eigenvalue weighted by atomic mass is 10.0. The highest BCUT2D eigenvalue weighted by atomic mass is 16.5. The van der Waals surface area contributed by atoms with Crippen molar-refractivity contribution in [2.24, 2.45) is 0 Å². The van der Waals surface area contributed by atoms with Crippen molar-refractivity contribution in [2.45, 2.75) is 110 Å². The summed E-state index contributed by atoms with van der Waals surface area (Å²) >= 11 is 0. The summed E-state index contributed by atoms with van der Waals surface area (Å²) in [7, 11) is 0. The lowest BCUT2D eigenvalue weighted by Crippen LogP contribution is -2.05. The van der Waals surface area contributed by atoms with E-state index in [4.69, 9.17) is 4.74 Å². The molecular weight excluding hydrogens is 346 g/mol. The molecule has 0 radical (unpaired) electrons. The molecule has 160 valence electrons. The zero-order chi connectivity index (χ0) is 20.3. The van der Waals surface area contributed by atoms with E-state index in [1.807, 2.05) is 6.20 Å². The normalized spacial score (nSPS) is 10.9. The molecule has 1 N–H and O–H groups in total. The quantitative estimate of drug-likeness (QED) is 0.117. The molecule has 1 rings (SSSR count). The Morgan fingerprint density at radius 1 is 0.857 bits per heavy atom. The monoisotopic (exact) mass is 388 g/mol. The molecule has 0 saturated carbocycles. The smallest absolute Gasteiger partial charge is 0.333 e. The zero-order valence-corrected chi connectivity index (χ0v) is 18.2. The van der Waals surface area contributed by atoms with Crippen molar-refractivity contribution >= 4 is 5.97 Å². The van der Waals surface area contributed by atoms with Crippen LogP contribution in [0.3, 0.4) is 0 Å². The third kappa shape index (κ3) is 14.5. The Balaban J connectivity index is 1.68. The molecule has 0 unspecified atom stereocenters. The van der Waals surface area contributed by atoms with Crippen molar-refractivity contribution in [3.05, 3.63) is 36.2 Å². The topological polar surface area (TPSA) is 42.1 Å². The Kier molecular flexibility index (Phi) is 15.4. The fraction of sp³-hybridized carbons (Fsp3) is 0.720. The Labute approximate surface area is 173 Å². The summed E-state index contributed by atoms with van der Waals surface area (Å²) in [5.74, 6) is -0.258. The Hall–Kier alpha value is -1.51. The van der Waals surface area contributed by atoms with Crippen molar-refractivity contribution in [1.82, 2.24) is 4.98 Å². The van der Waals surface area contributed by atoms with Crippen molar-refractivity contribution < 1.29 is 9.53 Å². The minimum Gasteiger partial charge on any atom is -0.484 e. The molecular formula is C25H42NO2-. The number of aromatic nitrogens is 1. The lowest BCUT2D eigenvalue weighted by Gasteiger charge is -2.05. The van der Waals surface area contributed by atoms with Crippen molar-refractivity contribution in [1.29, 1.82) is 0 Å². The number of H-pyrrole nitrogens is 1. The van der Waals surface area contributed by atoms with Crippen molar-refractivity contribution in [3.63, 3.8) is 0 Å². The SMILES string of the molecule is C=C(C)C(=O)OCCCCCCCCCCCCCCCCCc1[c-][nH]cc1. The second kappa shape index (κ2) is 17.6. The van der Waals surface area contributed by atoms with Gasteiger partial charge in [-0.3, -0.25) is 0 Å². The van der Waals surface area contributed by atoms with Crippen molar-refractivity contribution in [2.75, 3.05) is 6.61 Å². The summed E-state index contributed by atoms with van der Waals surface area (Å²) in [5, 5.41) is 0. The van der Waals surface area contributed by atoms with Crippen LogP contribution in [0, 0.1) is 6.20 Å². The molecule has 3 heteroatoms. The summed E-state index contributed by atoms with van der Waals surface area (Å²) in [6.07, 6.45) is 26.2. The molecule has 28 heavy (non-hydrogen) atoms. The van der Waals surface area contributed by atoms with Gasteiger partial charge in [-0.25, -0.2) is 4.79 Å². The molecule has 1 heterocycles. The van der Waals surface area contributed by atoms with Gasteiger partial charge < -0.3 is 9.72 Å². The van der Waals surface area contributed by atoms with E-state index < -0.39 is 0 Å². The molecule has 0 aliphatic rings. The minimum atomic E-state index is -0.258. The standard InChI is InChI=1S/C25H42NO2/c1-23(2)25(27)28-21-17-15-13-11-9-7-5-3-4-6-8-10-12-14-16-18-24-19-20-26-22-24/h19-20,26H,1,3-18,21H2,2H3/q-1. The number of carbonyl (C=O) groups excluding carboxylic acids is 1. The number of rotatable bonds is 19. The van der Waals surface area contributed by atoms with E-state index in [1.54, 1.807) is 6.92 Å². The van der Waals surface area contributed by atoms with Crippen LogP contribution in [0.25, 0.3) is 0 Å². The Morgan fingerprint density at radius 2 is 1.32 bits per heavy atom. The Bertz CT molecular complexity index is 493. The van der Waals surface area contributed by atoms with E-state index in [1.165, 1.54) is 95.5 Å². The van der Waals surface area contributed by atoms with Gasteiger partial charge in [0.2, 0.25) is 0 Å². The second-order valence-electron chi connectivity index (χ2n) is 8.10. The molecule has 0 atom stereocenters. The summed E-state index contributed by atoms with van der Waals surface area (Å²) in [6, 6.07) is 2.13. The predicted molar refractivity (Wildman–Crippen MR) is 118 cm³/mol. The highest BCUT2D eigenvalue weighted by molar-refractivity contribution is 5.86. The van der Waals surface area contributed by atoms with Crippen LogP contribution < -0.4 is 0 Å². The van der Waals surface area contributed by atoms with Gasteiger partial charge >= 0.3 is 5.97 Å². The van der Waals surface area contributed by atoms with Gasteiger partial charge in [0.1, 0.15) is 0 Å². The highest BCUT2D eigenvalue weighted by Gasteiger charge is 2.01. The first kappa shape index (κ1) is 24.5. The molecule has 3 nitrogen and oxygen atoms in total. The van der Waals surface area contributed by atoms with Crippen LogP contribution in [0.5, 0.6) is 0 Å². The van der Waals surface area contributed by atoms with Gasteiger partial charge in [0.25, 0.3) is 0 Å². The van der Waals surface area contributed by atoms with E-state index in [0.29, 0.717) is 12.2 Å². The molecule has 0 spiro atoms. The van der Waals surface area contributed by atoms with E-state index >= 15 is 0 Å². The lowest BCUT2D eigenvalue weighted by molar-refractivity contribution is -0.139. The number of carbonyl (C=O) groups is 1. The number of hydrogen-bond donors (Lipinski definition) is 1. The van der Waals surface area contributed by atoms with Gasteiger partial charge in [-0.05, 0) is 13.3 Å². The summed E-state index contributed by atoms with van der Waals surface area (Å²) in [6.45, 7) is 5.81. The number of aromatic amines is 1. The molecule has 0 aromatic carbocycles. The molecule has 0 bridgehead atoms. The van der Waals surface area contributed by atoms with Gasteiger partial charge in [-0.1, -0.05) is 103 Å². The predicted octanol–water partition coefficient (Wildman–Crippen LogP) is 7.33. The molecule has 1 aromatic heterocycles. The molecule has 0 amide bonds. The maximum atomic E-state index is 11.2. The summed E-state index contributed by atoms with van der Waals surface area (Å²) in [5.41, 5.74) is 1.81. The minimum absolute atomic E-state index is 0.258. The van der Waals surface area contributed by atoms with Crippen LogP contribution >= 0.6 is 0 Å². The molecule has 0 aliphatic carbocycles. The maximum Gasteiger partial charge on any atom is 0.333 e. The highest BCUT2D eigenvalue weighted by Crippen LogP contribution is 2.14.